The lowest BCUT2D eigenvalue weighted by atomic mass is 10.0. The highest BCUT2D eigenvalue weighted by Crippen LogP contribution is 2.18. The van der Waals surface area contributed by atoms with Crippen molar-refractivity contribution < 1.29 is 31.0 Å². The van der Waals surface area contributed by atoms with Crippen molar-refractivity contribution in [2.75, 3.05) is 31.1 Å². The first kappa shape index (κ1) is 29.7. The first-order chi connectivity index (χ1) is 17.3. The SMILES string of the molecule is C=C(CS(=O)(=O)c1ccc(C)cc1)C(=O)c1ccc(C(=O)N(CCCN=[N+]=[N-])CCCS(=O)(=O)O)cc1. The molecule has 0 fully saturated rings. The van der Waals surface area contributed by atoms with Crippen molar-refractivity contribution in [3.05, 3.63) is 87.8 Å². The summed E-state index contributed by atoms with van der Waals surface area (Å²) < 4.78 is 56.2. The number of hydrogen-bond acceptors (Lipinski definition) is 7. The van der Waals surface area contributed by atoms with Gasteiger partial charge in [-0.1, -0.05) is 41.5 Å². The van der Waals surface area contributed by atoms with Gasteiger partial charge in [-0.15, -0.1) is 0 Å². The fraction of sp³-hybridized carbons (Fsp3) is 0.333. The number of nitrogens with zero attached hydrogens (tertiary/aromatic N) is 4. The van der Waals surface area contributed by atoms with E-state index in [9.17, 15) is 26.4 Å². The van der Waals surface area contributed by atoms with Gasteiger partial charge in [0.2, 0.25) is 0 Å². The second-order valence-corrected chi connectivity index (χ2v) is 11.9. The zero-order chi connectivity index (χ0) is 27.6. The molecule has 13 heteroatoms. The largest absolute Gasteiger partial charge is 0.339 e. The summed E-state index contributed by atoms with van der Waals surface area (Å²) >= 11 is 0. The first-order valence-corrected chi connectivity index (χ1v) is 14.5. The molecule has 0 saturated carbocycles. The van der Waals surface area contributed by atoms with E-state index in [1.165, 1.54) is 41.3 Å². The first-order valence-electron chi connectivity index (χ1n) is 11.2. The number of ketones is 1. The monoisotopic (exact) mass is 548 g/mol. The molecule has 0 aliphatic heterocycles. The maximum Gasteiger partial charge on any atom is 0.264 e. The van der Waals surface area contributed by atoms with Crippen molar-refractivity contribution in [1.29, 1.82) is 0 Å². The number of sulfone groups is 1. The van der Waals surface area contributed by atoms with E-state index in [1.54, 1.807) is 12.1 Å². The van der Waals surface area contributed by atoms with Crippen LogP contribution in [0, 0.1) is 6.92 Å². The number of aryl methyl sites for hydroxylation is 1. The summed E-state index contributed by atoms with van der Waals surface area (Å²) in [5.41, 5.74) is 9.55. The lowest BCUT2D eigenvalue weighted by Crippen LogP contribution is -2.34. The van der Waals surface area contributed by atoms with Crippen LogP contribution >= 0.6 is 0 Å². The normalized spacial score (nSPS) is 11.4. The third kappa shape index (κ3) is 9.47. The molecule has 0 saturated heterocycles. The van der Waals surface area contributed by atoms with Crippen molar-refractivity contribution in [2.24, 2.45) is 5.11 Å². The van der Waals surface area contributed by atoms with Crippen LogP contribution in [0.15, 0.2) is 70.7 Å². The molecule has 0 heterocycles. The Balaban J connectivity index is 2.11. The molecule has 0 bridgehead atoms. The number of hydrogen-bond donors (Lipinski definition) is 1. The fourth-order valence-corrected chi connectivity index (χ4v) is 5.21. The fourth-order valence-electron chi connectivity index (χ4n) is 3.40. The molecule has 0 unspecified atom stereocenters. The molecule has 0 radical (unpaired) electrons. The molecule has 1 N–H and O–H groups in total. The number of azide groups is 1. The van der Waals surface area contributed by atoms with Gasteiger partial charge in [0, 0.05) is 41.2 Å². The van der Waals surface area contributed by atoms with Crippen LogP contribution in [0.5, 0.6) is 0 Å². The molecule has 2 aromatic carbocycles. The molecule has 0 atom stereocenters. The second kappa shape index (κ2) is 13.2. The topological polar surface area (TPSA) is 175 Å². The summed E-state index contributed by atoms with van der Waals surface area (Å²) in [6.07, 6.45) is 0.339. The van der Waals surface area contributed by atoms with E-state index in [-0.39, 0.29) is 47.7 Å². The van der Waals surface area contributed by atoms with Gasteiger partial charge in [0.1, 0.15) is 0 Å². The predicted molar refractivity (Wildman–Crippen MR) is 139 cm³/mol. The van der Waals surface area contributed by atoms with Crippen molar-refractivity contribution in [3.8, 4) is 0 Å². The van der Waals surface area contributed by atoms with Gasteiger partial charge < -0.3 is 4.90 Å². The summed E-state index contributed by atoms with van der Waals surface area (Å²) in [4.78, 5) is 29.9. The highest BCUT2D eigenvalue weighted by molar-refractivity contribution is 7.91. The standard InChI is InChI=1S/C24H28N4O7S2/c1-18-5-11-22(12-6-18)36(31,32)17-19(2)23(29)20-7-9-21(10-8-20)24(30)28(14-3-13-26-27-25)15-4-16-37(33,34)35/h5-12H,2-4,13-17H2,1H3,(H,33,34,35). The zero-order valence-electron chi connectivity index (χ0n) is 20.3. The maximum atomic E-state index is 13.0. The third-order valence-electron chi connectivity index (χ3n) is 5.33. The number of Topliss-reactive ketones (excluding diaryl/α,β-unsaturated/α-hetero) is 1. The lowest BCUT2D eigenvalue weighted by Gasteiger charge is -2.22. The van der Waals surface area contributed by atoms with E-state index >= 15 is 0 Å². The van der Waals surface area contributed by atoms with E-state index in [0.29, 0.717) is 6.42 Å². The van der Waals surface area contributed by atoms with E-state index < -0.39 is 43.2 Å². The molecule has 2 aromatic rings. The Kier molecular flexibility index (Phi) is 10.6. The van der Waals surface area contributed by atoms with Crippen LogP contribution in [0.2, 0.25) is 0 Å². The van der Waals surface area contributed by atoms with Crippen LogP contribution in [0.25, 0.3) is 10.4 Å². The van der Waals surface area contributed by atoms with Crippen LogP contribution in [0.4, 0.5) is 0 Å². The Labute approximate surface area is 216 Å². The van der Waals surface area contributed by atoms with Gasteiger partial charge in [-0.25, -0.2) is 8.42 Å². The molecule has 37 heavy (non-hydrogen) atoms. The quantitative estimate of drug-likeness (QED) is 0.0713. The van der Waals surface area contributed by atoms with Gasteiger partial charge in [-0.05, 0) is 49.6 Å². The Morgan fingerprint density at radius 3 is 2.11 bits per heavy atom. The van der Waals surface area contributed by atoms with Crippen molar-refractivity contribution in [3.63, 3.8) is 0 Å². The second-order valence-electron chi connectivity index (χ2n) is 8.32. The van der Waals surface area contributed by atoms with E-state index in [0.717, 1.165) is 5.56 Å². The summed E-state index contributed by atoms with van der Waals surface area (Å²) in [5.74, 6) is -2.10. The minimum absolute atomic E-state index is 0.00204. The van der Waals surface area contributed by atoms with E-state index in [2.05, 4.69) is 16.6 Å². The third-order valence-corrected chi connectivity index (χ3v) is 7.85. The molecule has 2 rings (SSSR count). The van der Waals surface area contributed by atoms with E-state index in [1.807, 2.05) is 6.92 Å². The minimum atomic E-state index is -4.19. The number of amides is 1. The summed E-state index contributed by atoms with van der Waals surface area (Å²) in [7, 11) is -7.96. The number of rotatable bonds is 14. The van der Waals surface area contributed by atoms with Gasteiger partial charge in [-0.2, -0.15) is 8.42 Å². The predicted octanol–water partition coefficient (Wildman–Crippen LogP) is 3.63. The van der Waals surface area contributed by atoms with Gasteiger partial charge in [0.05, 0.1) is 16.4 Å². The number of benzene rings is 2. The maximum absolute atomic E-state index is 13.0. The van der Waals surface area contributed by atoms with Gasteiger partial charge >= 0.3 is 0 Å². The molecule has 0 spiro atoms. The molecular weight excluding hydrogens is 520 g/mol. The van der Waals surface area contributed by atoms with E-state index in [4.69, 9.17) is 10.1 Å². The van der Waals surface area contributed by atoms with Crippen LogP contribution < -0.4 is 0 Å². The van der Waals surface area contributed by atoms with Crippen molar-refractivity contribution in [2.45, 2.75) is 24.7 Å². The van der Waals surface area contributed by atoms with Crippen LogP contribution in [-0.4, -0.2) is 69.1 Å². The Hall–Kier alpha value is -3.51. The van der Waals surface area contributed by atoms with Gasteiger partial charge in [0.15, 0.2) is 15.6 Å². The van der Waals surface area contributed by atoms with Crippen molar-refractivity contribution in [1.82, 2.24) is 4.90 Å². The molecule has 198 valence electrons. The molecule has 11 nitrogen and oxygen atoms in total. The van der Waals surface area contributed by atoms with Crippen LogP contribution in [0.1, 0.15) is 39.1 Å². The molecule has 0 aromatic heterocycles. The highest BCUT2D eigenvalue weighted by atomic mass is 32.2. The van der Waals surface area contributed by atoms with Crippen LogP contribution in [0.3, 0.4) is 0 Å². The molecule has 0 aliphatic carbocycles. The summed E-state index contributed by atoms with van der Waals surface area (Å²) in [6, 6.07) is 11.8. The minimum Gasteiger partial charge on any atom is -0.339 e. The summed E-state index contributed by atoms with van der Waals surface area (Å²) in [5, 5.41) is 3.41. The van der Waals surface area contributed by atoms with Crippen LogP contribution in [-0.2, 0) is 20.0 Å². The number of carbonyl (C=O) groups excluding carboxylic acids is 2. The Morgan fingerprint density at radius 2 is 1.54 bits per heavy atom. The average molecular weight is 549 g/mol. The van der Waals surface area contributed by atoms with Gasteiger partial charge in [0.25, 0.3) is 16.0 Å². The Morgan fingerprint density at radius 1 is 0.973 bits per heavy atom. The number of carbonyl (C=O) groups is 2. The van der Waals surface area contributed by atoms with Crippen molar-refractivity contribution >= 4 is 31.6 Å². The highest BCUT2D eigenvalue weighted by Gasteiger charge is 2.22. The Bertz CT molecular complexity index is 1400. The zero-order valence-corrected chi connectivity index (χ0v) is 21.9. The molecular formula is C24H28N4O7S2. The average Bonchev–Trinajstić information content (AvgIpc) is 2.84. The smallest absolute Gasteiger partial charge is 0.264 e. The lowest BCUT2D eigenvalue weighted by molar-refractivity contribution is 0.0754. The molecule has 0 aliphatic rings. The molecule has 1 amide bonds. The summed E-state index contributed by atoms with van der Waals surface area (Å²) in [6.45, 7) is 5.82. The van der Waals surface area contributed by atoms with Gasteiger partial charge in [-0.3, -0.25) is 14.1 Å².